The quantitative estimate of drug-likeness (QED) is 0.197. The molecule has 3 heterocycles. The van der Waals surface area contributed by atoms with Gasteiger partial charge in [0.05, 0.1) is 49.6 Å². The molecule has 238 valence electrons. The molecule has 0 radical (unpaired) electrons. The predicted octanol–water partition coefficient (Wildman–Crippen LogP) is 4.59. The van der Waals surface area contributed by atoms with E-state index in [1.54, 1.807) is 28.6 Å². The van der Waals surface area contributed by atoms with E-state index in [4.69, 9.17) is 9.47 Å². The van der Waals surface area contributed by atoms with Crippen molar-refractivity contribution in [1.29, 1.82) is 0 Å². The second-order valence-electron chi connectivity index (χ2n) is 12.4. The van der Waals surface area contributed by atoms with Crippen molar-refractivity contribution in [3.63, 3.8) is 0 Å². The molecule has 1 aliphatic heterocycles. The van der Waals surface area contributed by atoms with Crippen LogP contribution in [0.5, 0.6) is 5.75 Å². The summed E-state index contributed by atoms with van der Waals surface area (Å²) in [5.41, 5.74) is 4.68. The van der Waals surface area contributed by atoms with Crippen LogP contribution in [-0.4, -0.2) is 63.9 Å². The van der Waals surface area contributed by atoms with E-state index >= 15 is 4.39 Å². The van der Waals surface area contributed by atoms with Gasteiger partial charge in [0, 0.05) is 24.8 Å². The zero-order valence-electron chi connectivity index (χ0n) is 26.4. The molecule has 46 heavy (non-hydrogen) atoms. The van der Waals surface area contributed by atoms with Crippen molar-refractivity contribution in [2.45, 2.75) is 51.9 Å². The zero-order chi connectivity index (χ0) is 32.3. The molecule has 5 aromatic rings. The molecule has 1 amide bonds. The second-order valence-corrected chi connectivity index (χ2v) is 17.4. The smallest absolute Gasteiger partial charge is 0.414 e. The van der Waals surface area contributed by atoms with Gasteiger partial charge in [0.1, 0.15) is 25.7 Å². The molecule has 2 aromatic heterocycles. The van der Waals surface area contributed by atoms with Crippen LogP contribution in [-0.2, 0) is 30.9 Å². The van der Waals surface area contributed by atoms with E-state index in [1.165, 1.54) is 11.0 Å². The van der Waals surface area contributed by atoms with Crippen molar-refractivity contribution < 1.29 is 18.7 Å². The summed E-state index contributed by atoms with van der Waals surface area (Å²) >= 11 is 0. The topological polar surface area (TPSA) is 112 Å². The highest BCUT2D eigenvalue weighted by atomic mass is 28.3. The van der Waals surface area contributed by atoms with E-state index in [1.807, 2.05) is 60.9 Å². The van der Waals surface area contributed by atoms with Gasteiger partial charge in [-0.15, -0.1) is 10.2 Å². The molecule has 11 nitrogen and oxygen atoms in total. The number of rotatable bonds is 12. The normalized spacial score (nSPS) is 14.9. The molecule has 0 unspecified atom stereocenters. The molecule has 0 bridgehead atoms. The van der Waals surface area contributed by atoms with Gasteiger partial charge in [-0.3, -0.25) is 4.90 Å². The molecule has 1 atom stereocenters. The fourth-order valence-electron chi connectivity index (χ4n) is 5.23. The van der Waals surface area contributed by atoms with Gasteiger partial charge in [0.2, 0.25) is 0 Å². The molecule has 3 aromatic carbocycles. The molecule has 1 aliphatic rings. The second kappa shape index (κ2) is 13.2. The number of carbonyl (C=O) groups excluding carboxylic acids is 1. The maximum Gasteiger partial charge on any atom is 0.414 e. The monoisotopic (exact) mass is 640 g/mol. The van der Waals surface area contributed by atoms with E-state index in [0.29, 0.717) is 44.0 Å². The lowest BCUT2D eigenvalue weighted by molar-refractivity contribution is 0.129. The number of benzene rings is 3. The number of halogens is 1. The highest BCUT2D eigenvalue weighted by Gasteiger charge is 2.33. The van der Waals surface area contributed by atoms with Crippen molar-refractivity contribution in [2.24, 2.45) is 0 Å². The van der Waals surface area contributed by atoms with Gasteiger partial charge in [-0.2, -0.15) is 0 Å². The van der Waals surface area contributed by atoms with Crippen molar-refractivity contribution in [3.8, 4) is 16.9 Å². The van der Waals surface area contributed by atoms with Crippen LogP contribution in [0.4, 0.5) is 14.9 Å². The first-order valence-corrected chi connectivity index (χ1v) is 18.6. The van der Waals surface area contributed by atoms with Crippen molar-refractivity contribution >= 4 is 25.2 Å². The molecule has 0 spiro atoms. The van der Waals surface area contributed by atoms with Crippen molar-refractivity contribution in [3.05, 3.63) is 102 Å². The number of ether oxygens (including phenoxy) is 2. The van der Waals surface area contributed by atoms with Crippen LogP contribution in [0.1, 0.15) is 16.8 Å². The van der Waals surface area contributed by atoms with Crippen LogP contribution in [0.25, 0.3) is 11.1 Å². The lowest BCUT2D eigenvalue weighted by Gasteiger charge is -2.15. The third-order valence-corrected chi connectivity index (χ3v) is 9.59. The SMILES string of the molecule is COc1ccc(Cn2cc(CNCc3ccc(-c4ccc(N5C[C@H](Cn6cc([Si](C)(C)C)nn6)OC5=O)cc4F)cc3)nn2)cc1. The largest absolute Gasteiger partial charge is 0.497 e. The summed E-state index contributed by atoms with van der Waals surface area (Å²) in [6.07, 6.45) is 2.95. The number of aromatic nitrogens is 6. The fourth-order valence-corrected chi connectivity index (χ4v) is 6.11. The first kappa shape index (κ1) is 31.1. The Morgan fingerprint density at radius 1 is 0.935 bits per heavy atom. The Labute approximate surface area is 268 Å². The van der Waals surface area contributed by atoms with E-state index in [2.05, 4.69) is 45.6 Å². The molecule has 6 rings (SSSR count). The highest BCUT2D eigenvalue weighted by Crippen LogP contribution is 2.29. The van der Waals surface area contributed by atoms with Crippen molar-refractivity contribution in [2.75, 3.05) is 18.6 Å². The summed E-state index contributed by atoms with van der Waals surface area (Å²) in [6.45, 7) is 9.12. The lowest BCUT2D eigenvalue weighted by Crippen LogP contribution is -2.38. The van der Waals surface area contributed by atoms with Gasteiger partial charge in [0.25, 0.3) is 0 Å². The number of nitrogens with one attached hydrogen (secondary N) is 1. The fraction of sp³-hybridized carbons (Fsp3) is 0.303. The number of cyclic esters (lactones) is 1. The average Bonchev–Trinajstić information content (AvgIpc) is 3.78. The minimum atomic E-state index is -1.59. The number of anilines is 1. The Morgan fingerprint density at radius 3 is 2.37 bits per heavy atom. The Kier molecular flexibility index (Phi) is 8.95. The molecular formula is C33H37FN8O3Si. The van der Waals surface area contributed by atoms with Gasteiger partial charge >= 0.3 is 6.09 Å². The van der Waals surface area contributed by atoms with Gasteiger partial charge in [-0.1, -0.05) is 66.5 Å². The number of hydrogen-bond acceptors (Lipinski definition) is 8. The Bertz CT molecular complexity index is 1800. The summed E-state index contributed by atoms with van der Waals surface area (Å²) in [6, 6.07) is 20.4. The number of methoxy groups -OCH3 is 1. The third-order valence-electron chi connectivity index (χ3n) is 7.83. The van der Waals surface area contributed by atoms with Crippen LogP contribution in [0.3, 0.4) is 0 Å². The molecule has 1 saturated heterocycles. The lowest BCUT2D eigenvalue weighted by atomic mass is 10.0. The first-order valence-electron chi connectivity index (χ1n) is 15.1. The molecule has 1 N–H and O–H groups in total. The maximum atomic E-state index is 15.3. The summed E-state index contributed by atoms with van der Waals surface area (Å²) in [5.74, 6) is 0.410. The van der Waals surface area contributed by atoms with Crippen LogP contribution in [0.2, 0.25) is 19.6 Å². The van der Waals surface area contributed by atoms with Crippen LogP contribution in [0.15, 0.2) is 79.1 Å². The molecular weight excluding hydrogens is 604 g/mol. The van der Waals surface area contributed by atoms with E-state index < -0.39 is 26.1 Å². The van der Waals surface area contributed by atoms with E-state index in [0.717, 1.165) is 33.5 Å². The molecule has 13 heteroatoms. The van der Waals surface area contributed by atoms with Gasteiger partial charge < -0.3 is 14.8 Å². The predicted molar refractivity (Wildman–Crippen MR) is 175 cm³/mol. The molecule has 1 fully saturated rings. The van der Waals surface area contributed by atoms with Crippen molar-refractivity contribution in [1.82, 2.24) is 35.3 Å². The number of carbonyl (C=O) groups is 1. The number of amides is 1. The highest BCUT2D eigenvalue weighted by molar-refractivity contribution is 6.88. The van der Waals surface area contributed by atoms with Crippen LogP contribution < -0.4 is 20.3 Å². The summed E-state index contributed by atoms with van der Waals surface area (Å²) in [7, 11) is 0.0612. The molecule has 0 aliphatic carbocycles. The molecule has 0 saturated carbocycles. The maximum absolute atomic E-state index is 15.3. The Morgan fingerprint density at radius 2 is 1.67 bits per heavy atom. The minimum Gasteiger partial charge on any atom is -0.497 e. The van der Waals surface area contributed by atoms with E-state index in [-0.39, 0.29) is 0 Å². The van der Waals surface area contributed by atoms with E-state index in [9.17, 15) is 4.79 Å². The summed E-state index contributed by atoms with van der Waals surface area (Å²) < 4.78 is 29.6. The van der Waals surface area contributed by atoms with Crippen LogP contribution in [0, 0.1) is 5.82 Å². The van der Waals surface area contributed by atoms with Crippen LogP contribution >= 0.6 is 0 Å². The average molecular weight is 641 g/mol. The number of hydrogen-bond donors (Lipinski definition) is 1. The Balaban J connectivity index is 1.01. The minimum absolute atomic E-state index is 0.306. The standard InChI is InChI=1S/C33H37FN8O3Si/c1-44-28-12-7-24(8-13-28)18-40-19-26(36-38-40)17-35-16-23-5-9-25(10-6-23)30-14-11-27(15-31(30)34)42-21-29(45-33(42)43)20-41-22-32(37-39-41)46(2,3)4/h5-15,19,22,29,35H,16-18,20-21H2,1-4H3/t29-/m0/s1. The van der Waals surface area contributed by atoms with Gasteiger partial charge in [-0.05, 0) is 47.0 Å². The van der Waals surface area contributed by atoms with Gasteiger partial charge in [-0.25, -0.2) is 18.5 Å². The summed E-state index contributed by atoms with van der Waals surface area (Å²) in [5, 5.41) is 21.4. The Hall–Kier alpha value is -4.88. The summed E-state index contributed by atoms with van der Waals surface area (Å²) in [4.78, 5) is 14.1. The van der Waals surface area contributed by atoms with Gasteiger partial charge in [0.15, 0.2) is 0 Å². The zero-order valence-corrected chi connectivity index (χ0v) is 27.4. The number of nitrogens with zero attached hydrogens (tertiary/aromatic N) is 7. The third kappa shape index (κ3) is 7.32. The first-order chi connectivity index (χ1) is 22.1.